The molecule has 0 aliphatic heterocycles. The van der Waals surface area contributed by atoms with Crippen LogP contribution in [0.1, 0.15) is 6.92 Å². The third-order valence-corrected chi connectivity index (χ3v) is 2.74. The molecule has 0 spiro atoms. The van der Waals surface area contributed by atoms with E-state index < -0.39 is 5.97 Å². The summed E-state index contributed by atoms with van der Waals surface area (Å²) in [5.41, 5.74) is 0. The van der Waals surface area contributed by atoms with E-state index in [9.17, 15) is 0 Å². The van der Waals surface area contributed by atoms with Gasteiger partial charge in [-0.25, -0.2) is 0 Å². The maximum atomic E-state index is 9.00. The number of halogens is 2. The van der Waals surface area contributed by atoms with Crippen LogP contribution in [0.4, 0.5) is 0 Å². The molecule has 0 saturated carbocycles. The van der Waals surface area contributed by atoms with E-state index >= 15 is 0 Å². The number of hydrogen-bond donors (Lipinski definition) is 1. The van der Waals surface area contributed by atoms with Gasteiger partial charge in [0.05, 0.1) is 0 Å². The highest BCUT2D eigenvalue weighted by Gasteiger charge is 1.88. The lowest BCUT2D eigenvalue weighted by Crippen LogP contribution is -1.78. The Balaban J connectivity index is 0.000000261. The minimum Gasteiger partial charge on any atom is -0.481 e. The summed E-state index contributed by atoms with van der Waals surface area (Å²) in [5, 5.41) is 7.42. The summed E-state index contributed by atoms with van der Waals surface area (Å²) in [6.45, 7) is 1.08. The van der Waals surface area contributed by atoms with Gasteiger partial charge in [-0.3, -0.25) is 4.79 Å². The Morgan fingerprint density at radius 2 is 1.50 bits per heavy atom. The Morgan fingerprint density at radius 1 is 1.25 bits per heavy atom. The minimum absolute atomic E-state index is 0.833. The number of carboxylic acids is 1. The van der Waals surface area contributed by atoms with Gasteiger partial charge in [-0.05, 0) is 44.0 Å². The molecule has 0 fully saturated rings. The molecule has 66 valence electrons. The Hall–Kier alpha value is -0.350. The SMILES string of the molecule is Brc1ccccc1Br.CC(=O)O. The molecule has 0 radical (unpaired) electrons. The van der Waals surface area contributed by atoms with Gasteiger partial charge in [-0.2, -0.15) is 0 Å². The normalized spacial score (nSPS) is 8.25. The van der Waals surface area contributed by atoms with Gasteiger partial charge >= 0.3 is 0 Å². The molecule has 1 aromatic rings. The summed E-state index contributed by atoms with van der Waals surface area (Å²) >= 11 is 6.70. The van der Waals surface area contributed by atoms with Crippen LogP contribution in [0.3, 0.4) is 0 Å². The van der Waals surface area contributed by atoms with E-state index in [-0.39, 0.29) is 0 Å². The van der Waals surface area contributed by atoms with Gasteiger partial charge in [0.15, 0.2) is 0 Å². The first-order valence-corrected chi connectivity index (χ1v) is 4.72. The Morgan fingerprint density at radius 3 is 1.67 bits per heavy atom. The maximum Gasteiger partial charge on any atom is 0.300 e. The zero-order chi connectivity index (χ0) is 9.56. The standard InChI is InChI=1S/C6H4Br2.C2H4O2/c7-5-3-1-2-4-6(5)8;1-2(3)4/h1-4H;1H3,(H,3,4). The van der Waals surface area contributed by atoms with Crippen molar-refractivity contribution in [2.75, 3.05) is 0 Å². The predicted octanol–water partition coefficient (Wildman–Crippen LogP) is 3.30. The number of carboxylic acid groups (broad SMARTS) is 1. The molecule has 0 atom stereocenters. The zero-order valence-corrected chi connectivity index (χ0v) is 9.59. The minimum atomic E-state index is -0.833. The van der Waals surface area contributed by atoms with Crippen molar-refractivity contribution in [2.45, 2.75) is 6.92 Å². The van der Waals surface area contributed by atoms with E-state index in [0.29, 0.717) is 0 Å². The van der Waals surface area contributed by atoms with E-state index in [0.717, 1.165) is 15.9 Å². The molecule has 0 aromatic heterocycles. The molecular formula is C8H8Br2O2. The summed E-state index contributed by atoms with van der Waals surface area (Å²) in [6, 6.07) is 7.94. The van der Waals surface area contributed by atoms with E-state index in [2.05, 4.69) is 31.9 Å². The molecule has 0 unspecified atom stereocenters. The molecule has 0 aliphatic rings. The van der Waals surface area contributed by atoms with Crippen molar-refractivity contribution >= 4 is 37.8 Å². The largest absolute Gasteiger partial charge is 0.481 e. The van der Waals surface area contributed by atoms with Crippen molar-refractivity contribution in [3.05, 3.63) is 33.2 Å². The maximum absolute atomic E-state index is 9.00. The molecule has 4 heteroatoms. The summed E-state index contributed by atoms with van der Waals surface area (Å²) in [7, 11) is 0. The van der Waals surface area contributed by atoms with Crippen LogP contribution >= 0.6 is 31.9 Å². The third kappa shape index (κ3) is 6.37. The van der Waals surface area contributed by atoms with Crippen LogP contribution < -0.4 is 0 Å². The fourth-order valence-corrected chi connectivity index (χ4v) is 1.01. The highest BCUT2D eigenvalue weighted by molar-refractivity contribution is 9.13. The number of aliphatic carboxylic acids is 1. The Kier molecular flexibility index (Phi) is 6.02. The molecular weight excluding hydrogens is 288 g/mol. The number of rotatable bonds is 0. The molecule has 0 heterocycles. The van der Waals surface area contributed by atoms with Crippen LogP contribution in [0.25, 0.3) is 0 Å². The summed E-state index contributed by atoms with van der Waals surface area (Å²) < 4.78 is 2.19. The van der Waals surface area contributed by atoms with Gasteiger partial charge in [-0.15, -0.1) is 0 Å². The second kappa shape index (κ2) is 6.20. The number of hydrogen-bond acceptors (Lipinski definition) is 1. The van der Waals surface area contributed by atoms with Gasteiger partial charge < -0.3 is 5.11 Å². The molecule has 0 bridgehead atoms. The summed E-state index contributed by atoms with van der Waals surface area (Å²) in [6.07, 6.45) is 0. The molecule has 1 rings (SSSR count). The Bertz CT molecular complexity index is 236. The Labute approximate surface area is 87.9 Å². The number of benzene rings is 1. The fourth-order valence-electron chi connectivity index (χ4n) is 0.439. The lowest BCUT2D eigenvalue weighted by molar-refractivity contribution is -0.134. The average molecular weight is 296 g/mol. The highest BCUT2D eigenvalue weighted by atomic mass is 79.9. The first-order chi connectivity index (χ1) is 5.54. The van der Waals surface area contributed by atoms with E-state index in [4.69, 9.17) is 9.90 Å². The van der Waals surface area contributed by atoms with Crippen LogP contribution in [0, 0.1) is 0 Å². The number of carbonyl (C=O) groups is 1. The van der Waals surface area contributed by atoms with Crippen LogP contribution in [0.5, 0.6) is 0 Å². The molecule has 0 saturated heterocycles. The smallest absolute Gasteiger partial charge is 0.300 e. The van der Waals surface area contributed by atoms with Crippen LogP contribution in [-0.4, -0.2) is 11.1 Å². The van der Waals surface area contributed by atoms with Gasteiger partial charge in [0.1, 0.15) is 0 Å². The second-order valence-electron chi connectivity index (χ2n) is 1.93. The van der Waals surface area contributed by atoms with Crippen molar-refractivity contribution < 1.29 is 9.90 Å². The van der Waals surface area contributed by atoms with Gasteiger partial charge in [-0.1, -0.05) is 12.1 Å². The van der Waals surface area contributed by atoms with Crippen molar-refractivity contribution in [1.29, 1.82) is 0 Å². The summed E-state index contributed by atoms with van der Waals surface area (Å²) in [4.78, 5) is 9.00. The van der Waals surface area contributed by atoms with Gasteiger partial charge in [0, 0.05) is 15.9 Å². The van der Waals surface area contributed by atoms with Crippen LogP contribution in [0.2, 0.25) is 0 Å². The molecule has 0 amide bonds. The predicted molar refractivity (Wildman–Crippen MR) is 55.2 cm³/mol. The average Bonchev–Trinajstić information content (AvgIpc) is 1.94. The van der Waals surface area contributed by atoms with Crippen LogP contribution in [0.15, 0.2) is 33.2 Å². The molecule has 1 aromatic carbocycles. The van der Waals surface area contributed by atoms with Crippen molar-refractivity contribution in [2.24, 2.45) is 0 Å². The quantitative estimate of drug-likeness (QED) is 0.797. The lowest BCUT2D eigenvalue weighted by atomic mass is 10.4. The monoisotopic (exact) mass is 294 g/mol. The topological polar surface area (TPSA) is 37.3 Å². The first kappa shape index (κ1) is 11.6. The van der Waals surface area contributed by atoms with E-state index in [1.165, 1.54) is 0 Å². The third-order valence-electron chi connectivity index (χ3n) is 0.824. The second-order valence-corrected chi connectivity index (χ2v) is 3.64. The highest BCUT2D eigenvalue weighted by Crippen LogP contribution is 2.20. The van der Waals surface area contributed by atoms with Crippen molar-refractivity contribution in [3.63, 3.8) is 0 Å². The van der Waals surface area contributed by atoms with Crippen LogP contribution in [-0.2, 0) is 4.79 Å². The summed E-state index contributed by atoms with van der Waals surface area (Å²) in [5.74, 6) is -0.833. The first-order valence-electron chi connectivity index (χ1n) is 3.13. The van der Waals surface area contributed by atoms with Gasteiger partial charge in [0.25, 0.3) is 5.97 Å². The van der Waals surface area contributed by atoms with E-state index in [1.807, 2.05) is 24.3 Å². The van der Waals surface area contributed by atoms with Crippen molar-refractivity contribution in [1.82, 2.24) is 0 Å². The molecule has 12 heavy (non-hydrogen) atoms. The molecule has 2 nitrogen and oxygen atoms in total. The fraction of sp³-hybridized carbons (Fsp3) is 0.125. The zero-order valence-electron chi connectivity index (χ0n) is 6.42. The van der Waals surface area contributed by atoms with Gasteiger partial charge in [0.2, 0.25) is 0 Å². The lowest BCUT2D eigenvalue weighted by Gasteiger charge is -1.89. The molecule has 1 N–H and O–H groups in total. The van der Waals surface area contributed by atoms with E-state index in [1.54, 1.807) is 0 Å². The molecule has 0 aliphatic carbocycles. The van der Waals surface area contributed by atoms with Crippen molar-refractivity contribution in [3.8, 4) is 0 Å².